The van der Waals surface area contributed by atoms with Gasteiger partial charge in [0.15, 0.2) is 0 Å². The van der Waals surface area contributed by atoms with Crippen LogP contribution in [0.25, 0.3) is 6.08 Å². The van der Waals surface area contributed by atoms with Gasteiger partial charge in [-0.15, -0.1) is 0 Å². The number of carboxylic acids is 1. The van der Waals surface area contributed by atoms with Crippen LogP contribution in [0.2, 0.25) is 0 Å². The zero-order valence-electron chi connectivity index (χ0n) is 12.1. The standard InChI is InChI=1S/C16H18N2O3/c1-4-12-10(3)16(21)18-14(12)7-13-9(2)11(8-17-13)5-6-15(19)20/h4,7-8,17H,1,5-6H2,2-3H3,(H,18,21)(H,19,20). The molecule has 0 radical (unpaired) electrons. The van der Waals surface area contributed by atoms with Crippen LogP contribution in [0.4, 0.5) is 0 Å². The normalized spacial score (nSPS) is 16.5. The lowest BCUT2D eigenvalue weighted by molar-refractivity contribution is -0.137. The summed E-state index contributed by atoms with van der Waals surface area (Å²) in [5.74, 6) is -0.933. The van der Waals surface area contributed by atoms with Crippen LogP contribution in [0.15, 0.2) is 35.7 Å². The van der Waals surface area contributed by atoms with Crippen molar-refractivity contribution in [3.05, 3.63) is 52.5 Å². The van der Waals surface area contributed by atoms with Gasteiger partial charge in [-0.2, -0.15) is 0 Å². The van der Waals surface area contributed by atoms with E-state index in [1.807, 2.05) is 19.2 Å². The summed E-state index contributed by atoms with van der Waals surface area (Å²) in [6, 6.07) is 0. The number of aryl methyl sites for hydroxylation is 1. The highest BCUT2D eigenvalue weighted by atomic mass is 16.4. The molecule has 0 unspecified atom stereocenters. The molecule has 0 spiro atoms. The number of carbonyl (C=O) groups is 2. The van der Waals surface area contributed by atoms with E-state index in [2.05, 4.69) is 16.9 Å². The third-order valence-electron chi connectivity index (χ3n) is 3.67. The molecule has 0 saturated heterocycles. The molecule has 5 heteroatoms. The molecule has 3 N–H and O–H groups in total. The zero-order chi connectivity index (χ0) is 15.6. The SMILES string of the molecule is C=CC1=C(C)C(=O)NC1=Cc1[nH]cc(CCC(=O)O)c1C. The van der Waals surface area contributed by atoms with Gasteiger partial charge in [-0.25, -0.2) is 0 Å². The van der Waals surface area contributed by atoms with Gasteiger partial charge >= 0.3 is 5.97 Å². The van der Waals surface area contributed by atoms with Gasteiger partial charge in [-0.3, -0.25) is 9.59 Å². The van der Waals surface area contributed by atoms with E-state index < -0.39 is 5.97 Å². The molecular weight excluding hydrogens is 268 g/mol. The number of aromatic nitrogens is 1. The van der Waals surface area contributed by atoms with Gasteiger partial charge in [0, 0.05) is 29.5 Å². The highest BCUT2D eigenvalue weighted by Crippen LogP contribution is 2.25. The molecule has 1 aromatic rings. The Morgan fingerprint density at radius 1 is 1.43 bits per heavy atom. The number of aromatic amines is 1. The van der Waals surface area contributed by atoms with Crippen LogP contribution in [0, 0.1) is 6.92 Å². The number of carboxylic acid groups (broad SMARTS) is 1. The molecule has 1 amide bonds. The Hall–Kier alpha value is -2.56. The van der Waals surface area contributed by atoms with Gasteiger partial charge in [-0.05, 0) is 37.5 Å². The Kier molecular flexibility index (Phi) is 4.12. The van der Waals surface area contributed by atoms with E-state index in [1.54, 1.807) is 13.0 Å². The Balaban J connectivity index is 2.28. The fourth-order valence-corrected chi connectivity index (χ4v) is 2.33. The van der Waals surface area contributed by atoms with Crippen LogP contribution < -0.4 is 5.32 Å². The van der Waals surface area contributed by atoms with Crippen molar-refractivity contribution in [2.24, 2.45) is 0 Å². The van der Waals surface area contributed by atoms with E-state index in [0.717, 1.165) is 22.4 Å². The maximum atomic E-state index is 11.7. The van der Waals surface area contributed by atoms with Crippen molar-refractivity contribution < 1.29 is 14.7 Å². The first-order chi connectivity index (χ1) is 9.93. The van der Waals surface area contributed by atoms with Crippen molar-refractivity contribution in [2.45, 2.75) is 26.7 Å². The van der Waals surface area contributed by atoms with Crippen LogP contribution >= 0.6 is 0 Å². The van der Waals surface area contributed by atoms with Crippen molar-refractivity contribution >= 4 is 18.0 Å². The van der Waals surface area contributed by atoms with E-state index in [0.29, 0.717) is 17.7 Å². The van der Waals surface area contributed by atoms with Gasteiger partial charge in [0.25, 0.3) is 5.91 Å². The van der Waals surface area contributed by atoms with E-state index in [4.69, 9.17) is 5.11 Å². The van der Waals surface area contributed by atoms with Crippen LogP contribution in [-0.4, -0.2) is 22.0 Å². The lowest BCUT2D eigenvalue weighted by atomic mass is 10.1. The number of carbonyl (C=O) groups excluding carboxylic acids is 1. The van der Waals surface area contributed by atoms with Crippen LogP contribution in [0.1, 0.15) is 30.2 Å². The summed E-state index contributed by atoms with van der Waals surface area (Å²) < 4.78 is 0. The zero-order valence-corrected chi connectivity index (χ0v) is 12.1. The highest BCUT2D eigenvalue weighted by Gasteiger charge is 2.22. The van der Waals surface area contributed by atoms with Crippen molar-refractivity contribution in [1.29, 1.82) is 0 Å². The monoisotopic (exact) mass is 286 g/mol. The lowest BCUT2D eigenvalue weighted by Gasteiger charge is -2.02. The Morgan fingerprint density at radius 3 is 2.76 bits per heavy atom. The molecule has 0 atom stereocenters. The number of amides is 1. The predicted molar refractivity (Wildman–Crippen MR) is 80.5 cm³/mol. The molecule has 110 valence electrons. The molecule has 0 saturated carbocycles. The quantitative estimate of drug-likeness (QED) is 0.777. The summed E-state index contributed by atoms with van der Waals surface area (Å²) in [6.07, 6.45) is 5.90. The summed E-state index contributed by atoms with van der Waals surface area (Å²) in [7, 11) is 0. The van der Waals surface area contributed by atoms with Crippen molar-refractivity contribution in [3.63, 3.8) is 0 Å². The second-order valence-corrected chi connectivity index (χ2v) is 5.00. The van der Waals surface area contributed by atoms with E-state index >= 15 is 0 Å². The van der Waals surface area contributed by atoms with Gasteiger partial charge < -0.3 is 15.4 Å². The molecule has 0 aromatic carbocycles. The van der Waals surface area contributed by atoms with Crippen LogP contribution in [-0.2, 0) is 16.0 Å². The van der Waals surface area contributed by atoms with Crippen molar-refractivity contribution in [2.75, 3.05) is 0 Å². The number of H-pyrrole nitrogens is 1. The fraction of sp³-hybridized carbons (Fsp3) is 0.250. The maximum absolute atomic E-state index is 11.7. The van der Waals surface area contributed by atoms with Crippen LogP contribution in [0.5, 0.6) is 0 Å². The Bertz CT molecular complexity index is 678. The van der Waals surface area contributed by atoms with Gasteiger partial charge in [0.2, 0.25) is 0 Å². The molecule has 1 aromatic heterocycles. The molecular formula is C16H18N2O3. The number of aliphatic carboxylic acids is 1. The van der Waals surface area contributed by atoms with E-state index in [9.17, 15) is 9.59 Å². The summed E-state index contributed by atoms with van der Waals surface area (Å²) in [5.41, 5.74) is 4.97. The largest absolute Gasteiger partial charge is 0.481 e. The minimum atomic E-state index is -0.814. The van der Waals surface area contributed by atoms with Gasteiger partial charge in [-0.1, -0.05) is 12.7 Å². The number of hydrogen-bond acceptors (Lipinski definition) is 2. The summed E-state index contributed by atoms with van der Waals surface area (Å²) in [5, 5.41) is 11.5. The average molecular weight is 286 g/mol. The Morgan fingerprint density at radius 2 is 2.14 bits per heavy atom. The molecule has 1 aliphatic heterocycles. The number of hydrogen-bond donors (Lipinski definition) is 3. The third-order valence-corrected chi connectivity index (χ3v) is 3.67. The topological polar surface area (TPSA) is 82.2 Å². The molecule has 2 rings (SSSR count). The minimum absolute atomic E-state index is 0.0996. The summed E-state index contributed by atoms with van der Waals surface area (Å²) >= 11 is 0. The predicted octanol–water partition coefficient (Wildman–Crippen LogP) is 2.31. The molecule has 2 heterocycles. The molecule has 21 heavy (non-hydrogen) atoms. The molecule has 5 nitrogen and oxygen atoms in total. The first-order valence-corrected chi connectivity index (χ1v) is 6.69. The number of rotatable bonds is 5. The molecule has 0 fully saturated rings. The lowest BCUT2D eigenvalue weighted by Crippen LogP contribution is -2.15. The summed E-state index contributed by atoms with van der Waals surface area (Å²) in [6.45, 7) is 7.42. The minimum Gasteiger partial charge on any atom is -0.481 e. The van der Waals surface area contributed by atoms with Crippen molar-refractivity contribution in [1.82, 2.24) is 10.3 Å². The third kappa shape index (κ3) is 2.97. The average Bonchev–Trinajstić information content (AvgIpc) is 2.90. The molecule has 1 aliphatic rings. The fourth-order valence-electron chi connectivity index (χ4n) is 2.33. The van der Waals surface area contributed by atoms with Crippen molar-refractivity contribution in [3.8, 4) is 0 Å². The van der Waals surface area contributed by atoms with Gasteiger partial charge in [0.1, 0.15) is 0 Å². The first-order valence-electron chi connectivity index (χ1n) is 6.69. The number of allylic oxidation sites excluding steroid dienone is 1. The highest BCUT2D eigenvalue weighted by molar-refractivity contribution is 6.01. The van der Waals surface area contributed by atoms with Gasteiger partial charge in [0.05, 0.1) is 5.70 Å². The van der Waals surface area contributed by atoms with E-state index in [-0.39, 0.29) is 12.3 Å². The van der Waals surface area contributed by atoms with E-state index in [1.165, 1.54) is 0 Å². The molecule has 0 aliphatic carbocycles. The number of nitrogens with one attached hydrogen (secondary N) is 2. The second-order valence-electron chi connectivity index (χ2n) is 5.00. The first kappa shape index (κ1) is 14.8. The summed E-state index contributed by atoms with van der Waals surface area (Å²) in [4.78, 5) is 25.4. The Labute approximate surface area is 123 Å². The smallest absolute Gasteiger partial charge is 0.303 e. The second kappa shape index (κ2) is 5.83. The molecule has 0 bridgehead atoms. The maximum Gasteiger partial charge on any atom is 0.303 e. The van der Waals surface area contributed by atoms with Crippen LogP contribution in [0.3, 0.4) is 0 Å².